The molecule has 1 aliphatic carbocycles. The number of aliphatic hydroxyl groups is 2. The van der Waals surface area contributed by atoms with Gasteiger partial charge >= 0.3 is 6.03 Å². The molecule has 2 amide bonds. The van der Waals surface area contributed by atoms with Crippen molar-refractivity contribution in [2.45, 2.75) is 44.2 Å². The Balaban J connectivity index is 2.38. The minimum absolute atomic E-state index is 0.252. The first-order valence-electron chi connectivity index (χ1n) is 5.46. The van der Waals surface area contributed by atoms with Crippen molar-refractivity contribution >= 4 is 6.03 Å². The van der Waals surface area contributed by atoms with Crippen LogP contribution < -0.4 is 10.6 Å². The Bertz CT molecular complexity index is 204. The van der Waals surface area contributed by atoms with E-state index >= 15 is 0 Å². The van der Waals surface area contributed by atoms with Gasteiger partial charge in [-0.1, -0.05) is 6.92 Å². The van der Waals surface area contributed by atoms with Crippen LogP contribution in [0.25, 0.3) is 0 Å². The first-order chi connectivity index (χ1) is 7.15. The van der Waals surface area contributed by atoms with Crippen molar-refractivity contribution in [3.05, 3.63) is 0 Å². The van der Waals surface area contributed by atoms with Crippen molar-refractivity contribution in [1.29, 1.82) is 0 Å². The summed E-state index contributed by atoms with van der Waals surface area (Å²) in [4.78, 5) is 11.5. The third kappa shape index (κ3) is 3.07. The standard InChI is InChI=1S/C10H20N2O3/c1-2-10(6-13,7-14)12-9(15)11-8-4-3-5-8/h8,13-14H,2-7H2,1H3,(H2,11,12,15). The largest absolute Gasteiger partial charge is 0.394 e. The average molecular weight is 216 g/mol. The van der Waals surface area contributed by atoms with E-state index in [2.05, 4.69) is 10.6 Å². The van der Waals surface area contributed by atoms with Crippen molar-refractivity contribution in [2.24, 2.45) is 0 Å². The van der Waals surface area contributed by atoms with Crippen LogP contribution in [0.1, 0.15) is 32.6 Å². The van der Waals surface area contributed by atoms with E-state index in [1.807, 2.05) is 6.92 Å². The molecule has 1 saturated carbocycles. The Kier molecular flexibility index (Phi) is 4.35. The first-order valence-corrected chi connectivity index (χ1v) is 5.46. The number of rotatable bonds is 5. The summed E-state index contributed by atoms with van der Waals surface area (Å²) < 4.78 is 0. The van der Waals surface area contributed by atoms with Crippen molar-refractivity contribution in [2.75, 3.05) is 13.2 Å². The highest BCUT2D eigenvalue weighted by atomic mass is 16.3. The van der Waals surface area contributed by atoms with Gasteiger partial charge in [0, 0.05) is 6.04 Å². The molecule has 0 spiro atoms. The Labute approximate surface area is 89.9 Å². The molecule has 0 aliphatic heterocycles. The summed E-state index contributed by atoms with van der Waals surface area (Å²) >= 11 is 0. The zero-order valence-electron chi connectivity index (χ0n) is 9.12. The third-order valence-corrected chi connectivity index (χ3v) is 3.10. The van der Waals surface area contributed by atoms with Crippen LogP contribution in [0.2, 0.25) is 0 Å². The van der Waals surface area contributed by atoms with Crippen molar-refractivity contribution < 1.29 is 15.0 Å². The number of amides is 2. The van der Waals surface area contributed by atoms with Crippen LogP contribution in [-0.2, 0) is 0 Å². The molecule has 0 aromatic heterocycles. The molecule has 88 valence electrons. The second-order valence-corrected chi connectivity index (χ2v) is 4.18. The average Bonchev–Trinajstić information content (AvgIpc) is 2.20. The predicted molar refractivity (Wildman–Crippen MR) is 56.5 cm³/mol. The number of carbonyl (C=O) groups is 1. The molecule has 0 aromatic carbocycles. The molecule has 0 radical (unpaired) electrons. The van der Waals surface area contributed by atoms with Crippen LogP contribution >= 0.6 is 0 Å². The summed E-state index contributed by atoms with van der Waals surface area (Å²) in [6, 6.07) is -0.0402. The first kappa shape index (κ1) is 12.3. The fourth-order valence-corrected chi connectivity index (χ4v) is 1.46. The molecule has 5 heteroatoms. The van der Waals surface area contributed by atoms with Gasteiger partial charge in [0.2, 0.25) is 0 Å². The molecule has 15 heavy (non-hydrogen) atoms. The maximum absolute atomic E-state index is 11.5. The molecule has 1 rings (SSSR count). The number of nitrogens with one attached hydrogen (secondary N) is 2. The number of aliphatic hydroxyl groups excluding tert-OH is 2. The van der Waals surface area contributed by atoms with Crippen LogP contribution in [-0.4, -0.2) is 41.0 Å². The van der Waals surface area contributed by atoms with Gasteiger partial charge in [0.05, 0.1) is 18.8 Å². The van der Waals surface area contributed by atoms with Crippen molar-refractivity contribution in [3.8, 4) is 0 Å². The molecule has 0 atom stereocenters. The summed E-state index contributed by atoms with van der Waals surface area (Å²) in [6.07, 6.45) is 3.69. The second-order valence-electron chi connectivity index (χ2n) is 4.18. The van der Waals surface area contributed by atoms with E-state index in [0.717, 1.165) is 19.3 Å². The van der Waals surface area contributed by atoms with E-state index in [4.69, 9.17) is 10.2 Å². The molecule has 1 fully saturated rings. The zero-order chi connectivity index (χ0) is 11.3. The topological polar surface area (TPSA) is 81.6 Å². The lowest BCUT2D eigenvalue weighted by molar-refractivity contribution is 0.0923. The molecule has 0 heterocycles. The Morgan fingerprint density at radius 2 is 2.00 bits per heavy atom. The summed E-state index contributed by atoms with van der Waals surface area (Å²) in [7, 11) is 0. The number of urea groups is 1. The van der Waals surface area contributed by atoms with Gasteiger partial charge < -0.3 is 20.8 Å². The smallest absolute Gasteiger partial charge is 0.315 e. The Morgan fingerprint density at radius 3 is 2.33 bits per heavy atom. The Morgan fingerprint density at radius 1 is 1.40 bits per heavy atom. The van der Waals surface area contributed by atoms with E-state index in [1.165, 1.54) is 0 Å². The monoisotopic (exact) mass is 216 g/mol. The second kappa shape index (κ2) is 5.32. The van der Waals surface area contributed by atoms with Crippen LogP contribution in [0.4, 0.5) is 4.79 Å². The SMILES string of the molecule is CCC(CO)(CO)NC(=O)NC1CCC1. The molecule has 0 aromatic rings. The number of carbonyl (C=O) groups excluding carboxylic acids is 1. The summed E-state index contributed by atoms with van der Waals surface area (Å²) in [6.45, 7) is 1.31. The molecule has 4 N–H and O–H groups in total. The van der Waals surface area contributed by atoms with Crippen LogP contribution in [0.3, 0.4) is 0 Å². The van der Waals surface area contributed by atoms with E-state index in [-0.39, 0.29) is 25.3 Å². The molecule has 0 saturated heterocycles. The third-order valence-electron chi connectivity index (χ3n) is 3.10. The summed E-state index contributed by atoms with van der Waals surface area (Å²) in [5.41, 5.74) is -0.895. The molecular weight excluding hydrogens is 196 g/mol. The highest BCUT2D eigenvalue weighted by Crippen LogP contribution is 2.18. The van der Waals surface area contributed by atoms with E-state index in [9.17, 15) is 4.79 Å². The number of hydrogen-bond donors (Lipinski definition) is 4. The molecule has 5 nitrogen and oxygen atoms in total. The van der Waals surface area contributed by atoms with Crippen molar-refractivity contribution in [1.82, 2.24) is 10.6 Å². The predicted octanol–water partition coefficient (Wildman–Crippen LogP) is -0.0285. The minimum Gasteiger partial charge on any atom is -0.394 e. The maximum Gasteiger partial charge on any atom is 0.315 e. The fraction of sp³-hybridized carbons (Fsp3) is 0.900. The maximum atomic E-state index is 11.5. The highest BCUT2D eigenvalue weighted by Gasteiger charge is 2.29. The lowest BCUT2D eigenvalue weighted by Gasteiger charge is -2.32. The van der Waals surface area contributed by atoms with E-state index < -0.39 is 5.54 Å². The number of hydrogen-bond acceptors (Lipinski definition) is 3. The van der Waals surface area contributed by atoms with Gasteiger partial charge in [0.15, 0.2) is 0 Å². The summed E-state index contributed by atoms with van der Waals surface area (Å²) in [5, 5.41) is 23.7. The molecule has 0 unspecified atom stereocenters. The van der Waals surface area contributed by atoms with Crippen molar-refractivity contribution in [3.63, 3.8) is 0 Å². The minimum atomic E-state index is -0.895. The lowest BCUT2D eigenvalue weighted by atomic mass is 9.93. The summed E-state index contributed by atoms with van der Waals surface area (Å²) in [5.74, 6) is 0. The normalized spacial score (nSPS) is 17.0. The molecule has 0 bridgehead atoms. The van der Waals surface area contributed by atoms with Gasteiger partial charge in [-0.3, -0.25) is 0 Å². The molecule has 1 aliphatic rings. The van der Waals surface area contributed by atoms with Gasteiger partial charge in [-0.15, -0.1) is 0 Å². The zero-order valence-corrected chi connectivity index (χ0v) is 9.12. The van der Waals surface area contributed by atoms with Crippen LogP contribution in [0, 0.1) is 0 Å². The van der Waals surface area contributed by atoms with Gasteiger partial charge in [-0.05, 0) is 25.7 Å². The van der Waals surface area contributed by atoms with Gasteiger partial charge in [-0.2, -0.15) is 0 Å². The van der Waals surface area contributed by atoms with Gasteiger partial charge in [0.1, 0.15) is 0 Å². The van der Waals surface area contributed by atoms with E-state index in [1.54, 1.807) is 0 Å². The van der Waals surface area contributed by atoms with E-state index in [0.29, 0.717) is 6.42 Å². The van der Waals surface area contributed by atoms with Crippen LogP contribution in [0.5, 0.6) is 0 Å². The quantitative estimate of drug-likeness (QED) is 0.521. The molecular formula is C10H20N2O3. The highest BCUT2D eigenvalue weighted by molar-refractivity contribution is 5.75. The van der Waals surface area contributed by atoms with Gasteiger partial charge in [0.25, 0.3) is 0 Å². The van der Waals surface area contributed by atoms with Gasteiger partial charge in [-0.25, -0.2) is 4.79 Å². The fourth-order valence-electron chi connectivity index (χ4n) is 1.46. The Hall–Kier alpha value is -0.810. The lowest BCUT2D eigenvalue weighted by Crippen LogP contribution is -2.58. The van der Waals surface area contributed by atoms with Crippen LogP contribution in [0.15, 0.2) is 0 Å².